The quantitative estimate of drug-likeness (QED) is 0.844. The zero-order chi connectivity index (χ0) is 14.8. The Labute approximate surface area is 113 Å². The van der Waals surface area contributed by atoms with Gasteiger partial charge in [0.2, 0.25) is 0 Å². The topological polar surface area (TPSA) is 24.9 Å². The molecule has 1 aromatic carbocycles. The van der Waals surface area contributed by atoms with Crippen LogP contribution < -0.4 is 5.32 Å². The Hall–Kier alpha value is -2.11. The van der Waals surface area contributed by atoms with Crippen molar-refractivity contribution in [3.8, 4) is 0 Å². The molecular weight excluding hydrogens is 272 g/mol. The van der Waals surface area contributed by atoms with Gasteiger partial charge in [0.15, 0.2) is 0 Å². The van der Waals surface area contributed by atoms with Gasteiger partial charge in [0.25, 0.3) is 0 Å². The van der Waals surface area contributed by atoms with Crippen molar-refractivity contribution in [3.63, 3.8) is 0 Å². The Morgan fingerprint density at radius 3 is 2.50 bits per heavy atom. The first-order valence-electron chi connectivity index (χ1n) is 5.91. The molecule has 0 saturated heterocycles. The fourth-order valence-corrected chi connectivity index (χ4v) is 1.75. The second-order valence-corrected chi connectivity index (χ2v) is 4.35. The molecule has 0 fully saturated rings. The smallest absolute Gasteiger partial charge is 0.377 e. The fourth-order valence-electron chi connectivity index (χ4n) is 1.75. The fraction of sp³-hybridized carbons (Fsp3) is 0.214. The molecule has 0 amide bonds. The summed E-state index contributed by atoms with van der Waals surface area (Å²) in [5, 5.41) is 2.91. The maximum Gasteiger partial charge on any atom is 0.416 e. The highest BCUT2D eigenvalue weighted by molar-refractivity contribution is 5.47. The van der Waals surface area contributed by atoms with E-state index in [1.165, 1.54) is 24.3 Å². The van der Waals surface area contributed by atoms with E-state index >= 15 is 0 Å². The molecule has 1 unspecified atom stereocenters. The standard InChI is InChI=1S/C14H12F4N2/c1-9(13-6-5-11(15)8-19-13)20-12-4-2-3-10(7-12)14(16,17)18/h2-9,20H,1H3. The summed E-state index contributed by atoms with van der Waals surface area (Å²) in [6, 6.07) is 7.31. The number of benzene rings is 1. The van der Waals surface area contributed by atoms with Gasteiger partial charge in [-0.15, -0.1) is 0 Å². The monoisotopic (exact) mass is 284 g/mol. The van der Waals surface area contributed by atoms with E-state index < -0.39 is 17.6 Å². The zero-order valence-corrected chi connectivity index (χ0v) is 10.6. The number of halogens is 4. The molecule has 1 aromatic heterocycles. The summed E-state index contributed by atoms with van der Waals surface area (Å²) in [6.07, 6.45) is -3.31. The van der Waals surface area contributed by atoms with E-state index in [-0.39, 0.29) is 6.04 Å². The third-order valence-electron chi connectivity index (χ3n) is 2.77. The number of alkyl halides is 3. The van der Waals surface area contributed by atoms with E-state index in [1.54, 1.807) is 6.92 Å². The van der Waals surface area contributed by atoms with Crippen LogP contribution in [0.15, 0.2) is 42.6 Å². The molecule has 1 atom stereocenters. The van der Waals surface area contributed by atoms with Gasteiger partial charge in [0, 0.05) is 5.69 Å². The van der Waals surface area contributed by atoms with Crippen molar-refractivity contribution < 1.29 is 17.6 Å². The summed E-state index contributed by atoms with van der Waals surface area (Å²) in [4.78, 5) is 3.89. The second kappa shape index (κ2) is 5.48. The number of aromatic nitrogens is 1. The summed E-state index contributed by atoms with van der Waals surface area (Å²) in [6.45, 7) is 1.74. The Balaban J connectivity index is 2.15. The van der Waals surface area contributed by atoms with Crippen LogP contribution in [0.25, 0.3) is 0 Å². The van der Waals surface area contributed by atoms with Crippen LogP contribution in [0.5, 0.6) is 0 Å². The molecule has 0 saturated carbocycles. The van der Waals surface area contributed by atoms with Gasteiger partial charge in [-0.3, -0.25) is 4.98 Å². The maximum atomic E-state index is 12.8. The summed E-state index contributed by atoms with van der Waals surface area (Å²) in [5.41, 5.74) is 0.157. The van der Waals surface area contributed by atoms with E-state index in [1.807, 2.05) is 0 Å². The number of rotatable bonds is 3. The predicted molar refractivity (Wildman–Crippen MR) is 67.7 cm³/mol. The summed E-state index contributed by atoms with van der Waals surface area (Å²) < 4.78 is 50.5. The van der Waals surface area contributed by atoms with Crippen molar-refractivity contribution in [3.05, 3.63) is 59.7 Å². The molecule has 0 bridgehead atoms. The molecule has 20 heavy (non-hydrogen) atoms. The van der Waals surface area contributed by atoms with Crippen molar-refractivity contribution in [1.29, 1.82) is 0 Å². The largest absolute Gasteiger partial charge is 0.416 e. The number of hydrogen-bond donors (Lipinski definition) is 1. The van der Waals surface area contributed by atoms with E-state index in [0.29, 0.717) is 11.4 Å². The van der Waals surface area contributed by atoms with Gasteiger partial charge in [-0.05, 0) is 37.3 Å². The van der Waals surface area contributed by atoms with E-state index in [9.17, 15) is 17.6 Å². The van der Waals surface area contributed by atoms with E-state index in [4.69, 9.17) is 0 Å². The highest BCUT2D eigenvalue weighted by Gasteiger charge is 2.30. The molecule has 106 valence electrons. The minimum absolute atomic E-state index is 0.332. The van der Waals surface area contributed by atoms with Crippen molar-refractivity contribution in [2.45, 2.75) is 19.1 Å². The summed E-state index contributed by atoms with van der Waals surface area (Å²) >= 11 is 0. The van der Waals surface area contributed by atoms with Gasteiger partial charge in [-0.1, -0.05) is 6.07 Å². The lowest BCUT2D eigenvalue weighted by molar-refractivity contribution is -0.137. The van der Waals surface area contributed by atoms with Gasteiger partial charge in [0.1, 0.15) is 5.82 Å². The molecule has 2 nitrogen and oxygen atoms in total. The molecular formula is C14H12F4N2. The van der Waals surface area contributed by atoms with Crippen molar-refractivity contribution >= 4 is 5.69 Å². The number of pyridine rings is 1. The summed E-state index contributed by atoms with van der Waals surface area (Å²) in [5.74, 6) is -0.458. The Bertz CT molecular complexity index is 578. The Kier molecular flexibility index (Phi) is 3.92. The first-order valence-corrected chi connectivity index (χ1v) is 5.91. The average Bonchev–Trinajstić information content (AvgIpc) is 2.38. The normalized spacial score (nSPS) is 13.1. The predicted octanol–water partition coefficient (Wildman–Crippen LogP) is 4.41. The highest BCUT2D eigenvalue weighted by atomic mass is 19.4. The third-order valence-corrected chi connectivity index (χ3v) is 2.77. The SMILES string of the molecule is CC(Nc1cccc(C(F)(F)F)c1)c1ccc(F)cn1. The van der Waals surface area contributed by atoms with E-state index in [2.05, 4.69) is 10.3 Å². The molecule has 2 rings (SSSR count). The molecule has 0 aliphatic heterocycles. The van der Waals surface area contributed by atoms with Gasteiger partial charge in [-0.25, -0.2) is 4.39 Å². The lowest BCUT2D eigenvalue weighted by Crippen LogP contribution is -2.10. The first-order chi connectivity index (χ1) is 9.36. The van der Waals surface area contributed by atoms with Crippen LogP contribution in [-0.4, -0.2) is 4.98 Å². The van der Waals surface area contributed by atoms with Gasteiger partial charge < -0.3 is 5.32 Å². The molecule has 1 N–H and O–H groups in total. The molecule has 0 aliphatic carbocycles. The number of hydrogen-bond acceptors (Lipinski definition) is 2. The first kappa shape index (κ1) is 14.3. The molecule has 2 aromatic rings. The van der Waals surface area contributed by atoms with Crippen molar-refractivity contribution in [2.75, 3.05) is 5.32 Å². The third kappa shape index (κ3) is 3.46. The lowest BCUT2D eigenvalue weighted by atomic mass is 10.1. The van der Waals surface area contributed by atoms with Crippen LogP contribution in [0.3, 0.4) is 0 Å². The van der Waals surface area contributed by atoms with Crippen LogP contribution in [-0.2, 0) is 6.18 Å². The van der Waals surface area contributed by atoms with Crippen molar-refractivity contribution in [2.24, 2.45) is 0 Å². The minimum atomic E-state index is -4.38. The number of nitrogens with zero attached hydrogens (tertiary/aromatic N) is 1. The molecule has 6 heteroatoms. The van der Waals surface area contributed by atoms with Crippen LogP contribution in [0.1, 0.15) is 24.2 Å². The zero-order valence-electron chi connectivity index (χ0n) is 10.6. The molecule has 0 spiro atoms. The Morgan fingerprint density at radius 2 is 1.90 bits per heavy atom. The van der Waals surface area contributed by atoms with E-state index in [0.717, 1.165) is 18.3 Å². The highest BCUT2D eigenvalue weighted by Crippen LogP contribution is 2.31. The van der Waals surface area contributed by atoms with Crippen LogP contribution >= 0.6 is 0 Å². The van der Waals surface area contributed by atoms with Gasteiger partial charge >= 0.3 is 6.18 Å². The number of anilines is 1. The average molecular weight is 284 g/mol. The van der Waals surface area contributed by atoms with Crippen LogP contribution in [0.2, 0.25) is 0 Å². The van der Waals surface area contributed by atoms with Gasteiger partial charge in [0.05, 0.1) is 23.5 Å². The molecule has 0 aliphatic rings. The molecule has 1 heterocycles. The molecule has 0 radical (unpaired) electrons. The number of nitrogens with one attached hydrogen (secondary N) is 1. The van der Waals surface area contributed by atoms with Gasteiger partial charge in [-0.2, -0.15) is 13.2 Å². The second-order valence-electron chi connectivity index (χ2n) is 4.35. The maximum absolute atomic E-state index is 12.8. The summed E-state index contributed by atoms with van der Waals surface area (Å²) in [7, 11) is 0. The van der Waals surface area contributed by atoms with Crippen LogP contribution in [0.4, 0.5) is 23.2 Å². The Morgan fingerprint density at radius 1 is 1.15 bits per heavy atom. The van der Waals surface area contributed by atoms with Crippen molar-refractivity contribution in [1.82, 2.24) is 4.98 Å². The minimum Gasteiger partial charge on any atom is -0.377 e. The lowest BCUT2D eigenvalue weighted by Gasteiger charge is -2.16. The van der Waals surface area contributed by atoms with Crippen LogP contribution in [0, 0.1) is 5.82 Å².